The number of aryl methyl sites for hydroxylation is 1. The zero-order valence-electron chi connectivity index (χ0n) is 16.3. The third-order valence-electron chi connectivity index (χ3n) is 5.34. The van der Waals surface area contributed by atoms with E-state index in [0.29, 0.717) is 34.3 Å². The smallest absolute Gasteiger partial charge is 0.276 e. The lowest BCUT2D eigenvalue weighted by atomic mass is 9.94. The van der Waals surface area contributed by atoms with Gasteiger partial charge in [-0.3, -0.25) is 4.79 Å². The molecule has 1 saturated heterocycles. The zero-order chi connectivity index (χ0) is 20.2. The highest BCUT2D eigenvalue weighted by Gasteiger charge is 2.32. The van der Waals surface area contributed by atoms with Crippen molar-refractivity contribution in [1.29, 1.82) is 0 Å². The molecule has 1 unspecified atom stereocenters. The molecule has 6 heteroatoms. The molecule has 0 saturated carbocycles. The number of rotatable bonds is 5. The Morgan fingerprint density at radius 2 is 1.93 bits per heavy atom. The van der Waals surface area contributed by atoms with Gasteiger partial charge < -0.3 is 14.2 Å². The fourth-order valence-corrected chi connectivity index (χ4v) is 3.96. The largest absolute Gasteiger partial charge is 0.487 e. The van der Waals surface area contributed by atoms with Crippen molar-refractivity contribution in [2.45, 2.75) is 38.8 Å². The molecule has 1 aromatic heterocycles. The predicted molar refractivity (Wildman–Crippen MR) is 111 cm³/mol. The second-order valence-corrected chi connectivity index (χ2v) is 7.61. The summed E-state index contributed by atoms with van der Waals surface area (Å²) in [6.07, 6.45) is 3.03. The Morgan fingerprint density at radius 3 is 2.72 bits per heavy atom. The van der Waals surface area contributed by atoms with Gasteiger partial charge in [0.2, 0.25) is 0 Å². The summed E-state index contributed by atoms with van der Waals surface area (Å²) >= 11 is 6.18. The number of hydrogen-bond acceptors (Lipinski definition) is 4. The Kier molecular flexibility index (Phi) is 5.86. The van der Waals surface area contributed by atoms with Crippen molar-refractivity contribution in [3.63, 3.8) is 0 Å². The number of para-hydroxylation sites is 1. The number of likely N-dealkylation sites (tertiary alicyclic amines) is 1. The molecule has 1 amide bonds. The quantitative estimate of drug-likeness (QED) is 0.550. The minimum absolute atomic E-state index is 0.0480. The lowest BCUT2D eigenvalue weighted by Gasteiger charge is -2.35. The number of ether oxygens (including phenoxy) is 1. The monoisotopic (exact) mass is 410 g/mol. The number of benzene rings is 2. The van der Waals surface area contributed by atoms with Crippen molar-refractivity contribution in [3.8, 4) is 5.75 Å². The van der Waals surface area contributed by atoms with Gasteiger partial charge in [-0.2, -0.15) is 0 Å². The second kappa shape index (κ2) is 8.70. The van der Waals surface area contributed by atoms with Gasteiger partial charge in [-0.1, -0.05) is 59.2 Å². The highest BCUT2D eigenvalue weighted by Crippen LogP contribution is 2.33. The SMILES string of the molecule is Cc1onc(C(=O)N2CCCCC2c2ccccc2)c1COc1ccccc1Cl. The van der Waals surface area contributed by atoms with Crippen LogP contribution in [-0.2, 0) is 6.61 Å². The maximum atomic E-state index is 13.4. The number of aromatic nitrogens is 1. The first kappa shape index (κ1) is 19.5. The summed E-state index contributed by atoms with van der Waals surface area (Å²) in [5, 5.41) is 4.60. The van der Waals surface area contributed by atoms with Gasteiger partial charge in [-0.05, 0) is 43.9 Å². The van der Waals surface area contributed by atoms with Gasteiger partial charge in [-0.25, -0.2) is 0 Å². The fourth-order valence-electron chi connectivity index (χ4n) is 3.77. The molecule has 29 heavy (non-hydrogen) atoms. The molecule has 0 N–H and O–H groups in total. The molecule has 0 radical (unpaired) electrons. The molecule has 1 atom stereocenters. The average molecular weight is 411 g/mol. The van der Waals surface area contributed by atoms with Crippen molar-refractivity contribution >= 4 is 17.5 Å². The van der Waals surface area contributed by atoms with Gasteiger partial charge in [0.15, 0.2) is 5.69 Å². The van der Waals surface area contributed by atoms with Gasteiger partial charge in [0, 0.05) is 6.54 Å². The van der Waals surface area contributed by atoms with Crippen molar-refractivity contribution in [2.75, 3.05) is 6.54 Å². The van der Waals surface area contributed by atoms with Gasteiger partial charge in [0.05, 0.1) is 16.6 Å². The summed E-state index contributed by atoms with van der Waals surface area (Å²) < 4.78 is 11.2. The molecular formula is C23H23ClN2O3. The number of carbonyl (C=O) groups excluding carboxylic acids is 1. The predicted octanol–water partition coefficient (Wildman–Crippen LogP) is 5.58. The molecule has 5 nitrogen and oxygen atoms in total. The van der Waals surface area contributed by atoms with Crippen LogP contribution in [0.3, 0.4) is 0 Å². The number of halogens is 1. The highest BCUT2D eigenvalue weighted by atomic mass is 35.5. The lowest BCUT2D eigenvalue weighted by Crippen LogP contribution is -2.39. The van der Waals surface area contributed by atoms with Crippen LogP contribution in [0.5, 0.6) is 5.75 Å². The molecule has 1 aliphatic rings. The molecule has 2 heterocycles. The summed E-state index contributed by atoms with van der Waals surface area (Å²) in [6, 6.07) is 17.5. The van der Waals surface area contributed by atoms with Gasteiger partial charge in [-0.15, -0.1) is 0 Å². The maximum Gasteiger partial charge on any atom is 0.276 e. The van der Waals surface area contributed by atoms with Gasteiger partial charge in [0.25, 0.3) is 5.91 Å². The normalized spacial score (nSPS) is 16.6. The first-order valence-corrected chi connectivity index (χ1v) is 10.2. The zero-order valence-corrected chi connectivity index (χ0v) is 17.1. The van der Waals surface area contributed by atoms with E-state index in [2.05, 4.69) is 17.3 Å². The number of carbonyl (C=O) groups is 1. The number of nitrogens with zero attached hydrogens (tertiary/aromatic N) is 2. The maximum absolute atomic E-state index is 13.4. The standard InChI is InChI=1S/C23H23ClN2O3/c1-16-18(15-28-21-13-6-5-11-19(21)24)22(25-29-16)23(27)26-14-8-7-12-20(26)17-9-3-2-4-10-17/h2-6,9-11,13,20H,7-8,12,14-15H2,1H3. The van der Waals surface area contributed by atoms with Crippen molar-refractivity contribution < 1.29 is 14.1 Å². The number of piperidine rings is 1. The Morgan fingerprint density at radius 1 is 1.17 bits per heavy atom. The first-order chi connectivity index (χ1) is 14.1. The van der Waals surface area contributed by atoms with Crippen LogP contribution < -0.4 is 4.74 Å². The van der Waals surface area contributed by atoms with Crippen LogP contribution in [0.2, 0.25) is 5.02 Å². The minimum Gasteiger partial charge on any atom is -0.487 e. The highest BCUT2D eigenvalue weighted by molar-refractivity contribution is 6.32. The van der Waals surface area contributed by atoms with Crippen LogP contribution in [0.1, 0.15) is 52.7 Å². The Hall–Kier alpha value is -2.79. The van der Waals surface area contributed by atoms with E-state index in [0.717, 1.165) is 24.8 Å². The fraction of sp³-hybridized carbons (Fsp3) is 0.304. The Bertz CT molecular complexity index is 987. The van der Waals surface area contributed by atoms with Crippen LogP contribution in [-0.4, -0.2) is 22.5 Å². The summed E-state index contributed by atoms with van der Waals surface area (Å²) in [5.41, 5.74) is 2.12. The van der Waals surface area contributed by atoms with E-state index >= 15 is 0 Å². The molecule has 0 aliphatic carbocycles. The molecular weight excluding hydrogens is 388 g/mol. The van der Waals surface area contributed by atoms with Crippen molar-refractivity contribution in [3.05, 3.63) is 82.2 Å². The van der Waals surface area contributed by atoms with Crippen LogP contribution >= 0.6 is 11.6 Å². The molecule has 150 valence electrons. The van der Waals surface area contributed by atoms with E-state index in [4.69, 9.17) is 20.9 Å². The summed E-state index contributed by atoms with van der Waals surface area (Å²) in [6.45, 7) is 2.67. The molecule has 1 aliphatic heterocycles. The summed E-state index contributed by atoms with van der Waals surface area (Å²) in [5.74, 6) is 1.02. The van der Waals surface area contributed by atoms with E-state index in [9.17, 15) is 4.79 Å². The molecule has 3 aromatic rings. The molecule has 2 aromatic carbocycles. The van der Waals surface area contributed by atoms with Crippen LogP contribution in [0.4, 0.5) is 0 Å². The molecule has 0 spiro atoms. The lowest BCUT2D eigenvalue weighted by molar-refractivity contribution is 0.0598. The number of amides is 1. The second-order valence-electron chi connectivity index (χ2n) is 7.21. The topological polar surface area (TPSA) is 55.6 Å². The molecule has 0 bridgehead atoms. The van der Waals surface area contributed by atoms with E-state index in [1.54, 1.807) is 19.1 Å². The third-order valence-corrected chi connectivity index (χ3v) is 5.66. The van der Waals surface area contributed by atoms with E-state index in [1.807, 2.05) is 35.2 Å². The summed E-state index contributed by atoms with van der Waals surface area (Å²) in [4.78, 5) is 15.3. The van der Waals surface area contributed by atoms with E-state index in [1.165, 1.54) is 0 Å². The van der Waals surface area contributed by atoms with Gasteiger partial charge >= 0.3 is 0 Å². The average Bonchev–Trinajstić information content (AvgIpc) is 3.13. The van der Waals surface area contributed by atoms with Crippen LogP contribution in [0, 0.1) is 6.92 Å². The van der Waals surface area contributed by atoms with E-state index < -0.39 is 0 Å². The summed E-state index contributed by atoms with van der Waals surface area (Å²) in [7, 11) is 0. The third kappa shape index (κ3) is 4.15. The van der Waals surface area contributed by atoms with Crippen LogP contribution in [0.15, 0.2) is 59.1 Å². The van der Waals surface area contributed by atoms with Gasteiger partial charge in [0.1, 0.15) is 18.1 Å². The van der Waals surface area contributed by atoms with E-state index in [-0.39, 0.29) is 18.6 Å². The Labute approximate surface area is 175 Å². The molecule has 4 rings (SSSR count). The Balaban J connectivity index is 1.58. The van der Waals surface area contributed by atoms with Crippen molar-refractivity contribution in [1.82, 2.24) is 10.1 Å². The van der Waals surface area contributed by atoms with Crippen molar-refractivity contribution in [2.24, 2.45) is 0 Å². The van der Waals surface area contributed by atoms with Crippen LogP contribution in [0.25, 0.3) is 0 Å². The first-order valence-electron chi connectivity index (χ1n) is 9.83. The number of hydrogen-bond donors (Lipinski definition) is 0. The minimum atomic E-state index is -0.117. The molecule has 1 fully saturated rings.